The summed E-state index contributed by atoms with van der Waals surface area (Å²) in [5.74, 6) is 0.158. The van der Waals surface area contributed by atoms with Gasteiger partial charge in [0.2, 0.25) is 0 Å². The minimum atomic E-state index is -2.94. The normalized spacial score (nSPS) is 15.6. The maximum absolute atomic E-state index is 14.8. The molecule has 0 aromatic heterocycles. The lowest BCUT2D eigenvalue weighted by atomic mass is 9.90. The number of hydrogen-bond acceptors (Lipinski definition) is 1. The standard InChI is InChI=1S/C33H29OP/c1-26-24-27(25-32(28-14-6-2-7-15-28)29-16-8-3-9-17-29)22-23-33(26)35(34,30-18-10-4-11-19-30)31-20-12-5-13-21-31/h2-23,25-26H,24H2,1H3. The number of hydrogen-bond donors (Lipinski definition) is 0. The SMILES string of the molecule is CC1CC(C=C(c2ccccc2)c2ccccc2)=CC=C1P(=O)(c1ccccc1)c1ccccc1. The first-order valence-electron chi connectivity index (χ1n) is 12.1. The van der Waals surface area contributed by atoms with Gasteiger partial charge in [0.1, 0.15) is 0 Å². The molecule has 1 nitrogen and oxygen atoms in total. The molecule has 0 radical (unpaired) electrons. The second-order valence-corrected chi connectivity index (χ2v) is 11.8. The molecular weight excluding hydrogens is 443 g/mol. The molecule has 0 aliphatic heterocycles. The van der Waals surface area contributed by atoms with Gasteiger partial charge >= 0.3 is 0 Å². The first-order chi connectivity index (χ1) is 17.2. The topological polar surface area (TPSA) is 17.1 Å². The Morgan fingerprint density at radius 2 is 1.09 bits per heavy atom. The van der Waals surface area contributed by atoms with Crippen molar-refractivity contribution >= 4 is 23.3 Å². The molecule has 0 fully saturated rings. The summed E-state index contributed by atoms with van der Waals surface area (Å²) in [5.41, 5.74) is 4.84. The van der Waals surface area contributed by atoms with Gasteiger partial charge in [-0.05, 0) is 34.6 Å². The van der Waals surface area contributed by atoms with Crippen LogP contribution in [0.25, 0.3) is 5.57 Å². The zero-order valence-corrected chi connectivity index (χ0v) is 20.8. The van der Waals surface area contributed by atoms with Gasteiger partial charge in [-0.3, -0.25) is 0 Å². The summed E-state index contributed by atoms with van der Waals surface area (Å²) < 4.78 is 14.8. The van der Waals surface area contributed by atoms with Crippen molar-refractivity contribution in [2.24, 2.45) is 5.92 Å². The molecule has 1 aliphatic carbocycles. The highest BCUT2D eigenvalue weighted by molar-refractivity contribution is 7.82. The van der Waals surface area contributed by atoms with Crippen LogP contribution in [0.1, 0.15) is 24.5 Å². The molecule has 1 atom stereocenters. The molecular formula is C33H29OP. The van der Waals surface area contributed by atoms with Crippen molar-refractivity contribution < 1.29 is 4.57 Å². The van der Waals surface area contributed by atoms with E-state index in [2.05, 4.69) is 73.7 Å². The summed E-state index contributed by atoms with van der Waals surface area (Å²) in [7, 11) is -2.94. The zero-order valence-electron chi connectivity index (χ0n) is 19.9. The van der Waals surface area contributed by atoms with E-state index in [1.54, 1.807) is 0 Å². The van der Waals surface area contributed by atoms with Crippen molar-refractivity contribution in [1.82, 2.24) is 0 Å². The lowest BCUT2D eigenvalue weighted by Crippen LogP contribution is -2.21. The monoisotopic (exact) mass is 472 g/mol. The van der Waals surface area contributed by atoms with E-state index in [9.17, 15) is 4.57 Å². The number of benzene rings is 4. The maximum atomic E-state index is 14.8. The Labute approximate surface area is 208 Å². The van der Waals surface area contributed by atoms with Gasteiger partial charge in [0.15, 0.2) is 7.14 Å². The van der Waals surface area contributed by atoms with Crippen LogP contribution >= 0.6 is 7.14 Å². The summed E-state index contributed by atoms with van der Waals surface area (Å²) in [6.45, 7) is 2.20. The largest absolute Gasteiger partial charge is 0.309 e. The van der Waals surface area contributed by atoms with Crippen LogP contribution in [0, 0.1) is 5.92 Å². The van der Waals surface area contributed by atoms with Gasteiger partial charge in [-0.15, -0.1) is 0 Å². The second-order valence-electron chi connectivity index (χ2n) is 9.01. The summed E-state index contributed by atoms with van der Waals surface area (Å²) in [6.07, 6.45) is 7.43. The minimum Gasteiger partial charge on any atom is -0.309 e. The maximum Gasteiger partial charge on any atom is 0.167 e. The lowest BCUT2D eigenvalue weighted by molar-refractivity contribution is 0.583. The van der Waals surface area contributed by atoms with E-state index in [4.69, 9.17) is 0 Å². The van der Waals surface area contributed by atoms with Gasteiger partial charge in [-0.25, -0.2) is 0 Å². The van der Waals surface area contributed by atoms with Crippen LogP contribution in [0.5, 0.6) is 0 Å². The van der Waals surface area contributed by atoms with Gasteiger partial charge in [0.25, 0.3) is 0 Å². The molecule has 0 heterocycles. The molecule has 0 amide bonds. The van der Waals surface area contributed by atoms with E-state index >= 15 is 0 Å². The predicted molar refractivity (Wildman–Crippen MR) is 150 cm³/mol. The fourth-order valence-electron chi connectivity index (χ4n) is 4.88. The molecule has 1 unspecified atom stereocenters. The summed E-state index contributed by atoms with van der Waals surface area (Å²) in [5, 5.41) is 2.81. The van der Waals surface area contributed by atoms with Crippen molar-refractivity contribution in [3.05, 3.63) is 162 Å². The molecule has 0 saturated heterocycles. The van der Waals surface area contributed by atoms with Gasteiger partial charge in [0, 0.05) is 15.9 Å². The quantitative estimate of drug-likeness (QED) is 0.260. The van der Waals surface area contributed by atoms with Crippen molar-refractivity contribution in [3.8, 4) is 0 Å². The molecule has 35 heavy (non-hydrogen) atoms. The van der Waals surface area contributed by atoms with Gasteiger partial charge in [0.05, 0.1) is 0 Å². The Kier molecular flexibility index (Phi) is 6.80. The van der Waals surface area contributed by atoms with Crippen molar-refractivity contribution in [2.45, 2.75) is 13.3 Å². The third kappa shape index (κ3) is 4.78. The molecule has 2 heteroatoms. The molecule has 4 aromatic rings. The Hall–Kier alpha value is -3.67. The average molecular weight is 473 g/mol. The van der Waals surface area contributed by atoms with Crippen LogP contribution < -0.4 is 10.6 Å². The zero-order chi connectivity index (χ0) is 24.1. The van der Waals surface area contributed by atoms with Crippen LogP contribution in [-0.4, -0.2) is 0 Å². The third-order valence-corrected chi connectivity index (χ3v) is 9.99. The van der Waals surface area contributed by atoms with Crippen molar-refractivity contribution in [1.29, 1.82) is 0 Å². The lowest BCUT2D eigenvalue weighted by Gasteiger charge is -2.29. The molecule has 0 spiro atoms. The smallest absolute Gasteiger partial charge is 0.167 e. The highest BCUT2D eigenvalue weighted by atomic mass is 31.2. The highest BCUT2D eigenvalue weighted by Crippen LogP contribution is 2.56. The molecule has 5 rings (SSSR count). The predicted octanol–water partition coefficient (Wildman–Crippen LogP) is 7.98. The van der Waals surface area contributed by atoms with Crippen LogP contribution in [0.4, 0.5) is 0 Å². The van der Waals surface area contributed by atoms with Crippen LogP contribution in [0.15, 0.2) is 150 Å². The molecule has 1 aliphatic rings. The van der Waals surface area contributed by atoms with Gasteiger partial charge in [-0.1, -0.05) is 146 Å². The Morgan fingerprint density at radius 3 is 1.51 bits per heavy atom. The van der Waals surface area contributed by atoms with E-state index in [-0.39, 0.29) is 5.92 Å². The molecule has 0 N–H and O–H groups in total. The molecule has 0 saturated carbocycles. The van der Waals surface area contributed by atoms with E-state index in [0.29, 0.717) is 0 Å². The highest BCUT2D eigenvalue weighted by Gasteiger charge is 2.35. The van der Waals surface area contributed by atoms with Crippen LogP contribution in [0.2, 0.25) is 0 Å². The minimum absolute atomic E-state index is 0.158. The fourth-order valence-corrected chi connectivity index (χ4v) is 7.96. The first-order valence-corrected chi connectivity index (χ1v) is 13.8. The fraction of sp³-hybridized carbons (Fsp3) is 0.0909. The Balaban J connectivity index is 1.61. The van der Waals surface area contributed by atoms with Gasteiger partial charge < -0.3 is 4.57 Å². The van der Waals surface area contributed by atoms with Crippen molar-refractivity contribution in [2.75, 3.05) is 0 Å². The number of rotatable bonds is 6. The summed E-state index contributed by atoms with van der Waals surface area (Å²) >= 11 is 0. The molecule has 172 valence electrons. The number of allylic oxidation sites excluding steroid dienone is 5. The average Bonchev–Trinajstić information content (AvgIpc) is 2.93. The summed E-state index contributed by atoms with van der Waals surface area (Å²) in [4.78, 5) is 0. The first kappa shape index (κ1) is 23.1. The van der Waals surface area contributed by atoms with Crippen LogP contribution in [0.3, 0.4) is 0 Å². The van der Waals surface area contributed by atoms with E-state index < -0.39 is 7.14 Å². The Bertz CT molecular complexity index is 1330. The van der Waals surface area contributed by atoms with Crippen molar-refractivity contribution in [3.63, 3.8) is 0 Å². The summed E-state index contributed by atoms with van der Waals surface area (Å²) in [6, 6.07) is 41.0. The molecule has 4 aromatic carbocycles. The third-order valence-electron chi connectivity index (χ3n) is 6.62. The Morgan fingerprint density at radius 1 is 0.657 bits per heavy atom. The second kappa shape index (κ2) is 10.3. The van der Waals surface area contributed by atoms with E-state index in [1.807, 2.05) is 72.8 Å². The van der Waals surface area contributed by atoms with E-state index in [0.717, 1.165) is 22.3 Å². The van der Waals surface area contributed by atoms with E-state index in [1.165, 1.54) is 22.3 Å². The molecule has 0 bridgehead atoms. The van der Waals surface area contributed by atoms with Crippen LogP contribution in [-0.2, 0) is 4.57 Å². The van der Waals surface area contributed by atoms with Gasteiger partial charge in [-0.2, -0.15) is 0 Å².